The summed E-state index contributed by atoms with van der Waals surface area (Å²) in [7, 11) is 2.01. The molecule has 1 fully saturated rings. The van der Waals surface area contributed by atoms with E-state index in [1.54, 1.807) is 0 Å². The predicted molar refractivity (Wildman–Crippen MR) is 100 cm³/mol. The van der Waals surface area contributed by atoms with Gasteiger partial charge in [-0.3, -0.25) is 9.89 Å². The Morgan fingerprint density at radius 2 is 1.96 bits per heavy atom. The number of ether oxygens (including phenoxy) is 1. The number of aliphatic imine (C=N–C) groups is 1. The van der Waals surface area contributed by atoms with Crippen molar-refractivity contribution in [3.8, 4) is 0 Å². The Balaban J connectivity index is 1.75. The first kappa shape index (κ1) is 19.7. The number of halogens is 1. The first-order valence-electron chi connectivity index (χ1n) is 9.23. The minimum Gasteiger partial charge on any atom is -0.379 e. The second-order valence-corrected chi connectivity index (χ2v) is 6.38. The van der Waals surface area contributed by atoms with Crippen LogP contribution in [-0.2, 0) is 11.3 Å². The Morgan fingerprint density at radius 1 is 1.24 bits per heavy atom. The summed E-state index contributed by atoms with van der Waals surface area (Å²) in [6, 6.07) is 6.63. The molecule has 0 spiro atoms. The van der Waals surface area contributed by atoms with E-state index in [2.05, 4.69) is 22.0 Å². The van der Waals surface area contributed by atoms with Crippen LogP contribution >= 0.6 is 0 Å². The third-order valence-electron chi connectivity index (χ3n) is 4.28. The topological polar surface area (TPSA) is 40.1 Å². The standard InChI is InChI=1S/C19H31FN4O/c1-3-21-19(23(2)16-17-6-8-18(20)9-7-17)22-10-4-5-11-24-12-14-25-15-13-24/h6-9H,3-5,10-16H2,1-2H3,(H,21,22). The molecule has 0 aliphatic carbocycles. The molecular formula is C19H31FN4O. The normalized spacial score (nSPS) is 16.0. The zero-order chi connectivity index (χ0) is 17.9. The second-order valence-electron chi connectivity index (χ2n) is 6.38. The van der Waals surface area contributed by atoms with Gasteiger partial charge < -0.3 is 15.0 Å². The lowest BCUT2D eigenvalue weighted by Crippen LogP contribution is -2.38. The maximum absolute atomic E-state index is 13.0. The second kappa shape index (κ2) is 11.1. The lowest BCUT2D eigenvalue weighted by molar-refractivity contribution is 0.0373. The summed E-state index contributed by atoms with van der Waals surface area (Å²) in [5, 5.41) is 3.33. The SMILES string of the molecule is CCNC(=NCCCCN1CCOCC1)N(C)Cc1ccc(F)cc1. The summed E-state index contributed by atoms with van der Waals surface area (Å²) in [6.07, 6.45) is 2.24. The average Bonchev–Trinajstić information content (AvgIpc) is 2.63. The van der Waals surface area contributed by atoms with Gasteiger partial charge in [0.2, 0.25) is 0 Å². The van der Waals surface area contributed by atoms with E-state index in [0.717, 1.165) is 70.3 Å². The molecule has 2 rings (SSSR count). The van der Waals surface area contributed by atoms with E-state index < -0.39 is 0 Å². The predicted octanol–water partition coefficient (Wildman–Crippen LogP) is 2.34. The van der Waals surface area contributed by atoms with E-state index in [1.807, 2.05) is 19.2 Å². The Morgan fingerprint density at radius 3 is 2.64 bits per heavy atom. The third kappa shape index (κ3) is 7.40. The van der Waals surface area contributed by atoms with Crippen LogP contribution in [-0.4, -0.2) is 68.7 Å². The fourth-order valence-electron chi connectivity index (χ4n) is 2.87. The lowest BCUT2D eigenvalue weighted by atomic mass is 10.2. The summed E-state index contributed by atoms with van der Waals surface area (Å²) in [6.45, 7) is 9.37. The van der Waals surface area contributed by atoms with Crippen LogP contribution in [0.2, 0.25) is 0 Å². The van der Waals surface area contributed by atoms with Gasteiger partial charge in [0.1, 0.15) is 5.82 Å². The summed E-state index contributed by atoms with van der Waals surface area (Å²) < 4.78 is 18.4. The van der Waals surface area contributed by atoms with Gasteiger partial charge in [-0.25, -0.2) is 4.39 Å². The molecule has 5 nitrogen and oxygen atoms in total. The molecule has 0 unspecified atom stereocenters. The fourth-order valence-corrected chi connectivity index (χ4v) is 2.87. The van der Waals surface area contributed by atoms with Gasteiger partial charge in [0.25, 0.3) is 0 Å². The molecule has 1 aromatic carbocycles. The zero-order valence-corrected chi connectivity index (χ0v) is 15.5. The van der Waals surface area contributed by atoms with Crippen molar-refractivity contribution in [2.45, 2.75) is 26.3 Å². The van der Waals surface area contributed by atoms with Crippen molar-refractivity contribution in [2.75, 3.05) is 53.0 Å². The number of nitrogens with zero attached hydrogens (tertiary/aromatic N) is 3. The summed E-state index contributed by atoms with van der Waals surface area (Å²) >= 11 is 0. The molecule has 1 saturated heterocycles. The number of benzene rings is 1. The van der Waals surface area contributed by atoms with Crippen LogP contribution < -0.4 is 5.32 Å². The van der Waals surface area contributed by atoms with Crippen LogP contribution in [0, 0.1) is 5.82 Å². The van der Waals surface area contributed by atoms with Crippen molar-refractivity contribution in [1.82, 2.24) is 15.1 Å². The molecule has 6 heteroatoms. The Hall–Kier alpha value is -1.66. The van der Waals surface area contributed by atoms with Gasteiger partial charge in [0, 0.05) is 39.8 Å². The first-order valence-corrected chi connectivity index (χ1v) is 9.23. The highest BCUT2D eigenvalue weighted by atomic mass is 19.1. The molecule has 140 valence electrons. The van der Waals surface area contributed by atoms with Gasteiger partial charge in [-0.05, 0) is 44.0 Å². The van der Waals surface area contributed by atoms with Crippen LogP contribution in [0.25, 0.3) is 0 Å². The number of rotatable bonds is 8. The Kier molecular flexibility index (Phi) is 8.69. The number of hydrogen-bond acceptors (Lipinski definition) is 3. The Labute approximate surface area is 150 Å². The molecule has 0 saturated carbocycles. The van der Waals surface area contributed by atoms with Crippen LogP contribution in [0.15, 0.2) is 29.3 Å². The van der Waals surface area contributed by atoms with Gasteiger partial charge in [-0.2, -0.15) is 0 Å². The molecule has 1 aliphatic rings. The molecule has 1 aromatic rings. The van der Waals surface area contributed by atoms with Crippen molar-refractivity contribution in [3.63, 3.8) is 0 Å². The number of nitrogens with one attached hydrogen (secondary N) is 1. The van der Waals surface area contributed by atoms with Gasteiger partial charge in [-0.15, -0.1) is 0 Å². The van der Waals surface area contributed by atoms with Crippen molar-refractivity contribution >= 4 is 5.96 Å². The maximum Gasteiger partial charge on any atom is 0.193 e. The minimum absolute atomic E-state index is 0.202. The van der Waals surface area contributed by atoms with Gasteiger partial charge >= 0.3 is 0 Å². The van der Waals surface area contributed by atoms with Crippen molar-refractivity contribution in [1.29, 1.82) is 0 Å². The van der Waals surface area contributed by atoms with Crippen molar-refractivity contribution < 1.29 is 9.13 Å². The van der Waals surface area contributed by atoms with Crippen molar-refractivity contribution in [3.05, 3.63) is 35.6 Å². The van der Waals surface area contributed by atoms with E-state index in [4.69, 9.17) is 9.73 Å². The van der Waals surface area contributed by atoms with Crippen LogP contribution in [0.5, 0.6) is 0 Å². The van der Waals surface area contributed by atoms with E-state index in [-0.39, 0.29) is 5.82 Å². The fraction of sp³-hybridized carbons (Fsp3) is 0.632. The molecule has 1 heterocycles. The van der Waals surface area contributed by atoms with Gasteiger partial charge in [-0.1, -0.05) is 12.1 Å². The average molecular weight is 350 g/mol. The Bertz CT molecular complexity index is 515. The molecule has 0 amide bonds. The maximum atomic E-state index is 13.0. The van der Waals surface area contributed by atoms with Gasteiger partial charge in [0.05, 0.1) is 13.2 Å². The molecular weight excluding hydrogens is 319 g/mol. The number of guanidine groups is 1. The molecule has 25 heavy (non-hydrogen) atoms. The number of unbranched alkanes of at least 4 members (excludes halogenated alkanes) is 1. The molecule has 0 radical (unpaired) electrons. The lowest BCUT2D eigenvalue weighted by Gasteiger charge is -2.26. The highest BCUT2D eigenvalue weighted by Gasteiger charge is 2.09. The van der Waals surface area contributed by atoms with E-state index in [1.165, 1.54) is 12.1 Å². The number of morpholine rings is 1. The minimum atomic E-state index is -0.202. The van der Waals surface area contributed by atoms with E-state index in [0.29, 0.717) is 6.54 Å². The molecule has 0 atom stereocenters. The summed E-state index contributed by atoms with van der Waals surface area (Å²) in [5.41, 5.74) is 1.07. The summed E-state index contributed by atoms with van der Waals surface area (Å²) in [4.78, 5) is 9.26. The summed E-state index contributed by atoms with van der Waals surface area (Å²) in [5.74, 6) is 0.699. The highest BCUT2D eigenvalue weighted by molar-refractivity contribution is 5.79. The molecule has 1 N–H and O–H groups in total. The van der Waals surface area contributed by atoms with E-state index in [9.17, 15) is 4.39 Å². The van der Waals surface area contributed by atoms with Crippen LogP contribution in [0.3, 0.4) is 0 Å². The quantitative estimate of drug-likeness (QED) is 0.444. The van der Waals surface area contributed by atoms with Gasteiger partial charge in [0.15, 0.2) is 5.96 Å². The highest BCUT2D eigenvalue weighted by Crippen LogP contribution is 2.06. The smallest absolute Gasteiger partial charge is 0.193 e. The zero-order valence-electron chi connectivity index (χ0n) is 15.5. The molecule has 0 aromatic heterocycles. The van der Waals surface area contributed by atoms with E-state index >= 15 is 0 Å². The molecule has 0 bridgehead atoms. The van der Waals surface area contributed by atoms with Crippen molar-refractivity contribution in [2.24, 2.45) is 4.99 Å². The van der Waals surface area contributed by atoms with Crippen LogP contribution in [0.1, 0.15) is 25.3 Å². The first-order chi connectivity index (χ1) is 12.2. The third-order valence-corrected chi connectivity index (χ3v) is 4.28. The molecule has 1 aliphatic heterocycles. The number of hydrogen-bond donors (Lipinski definition) is 1. The largest absolute Gasteiger partial charge is 0.379 e. The monoisotopic (exact) mass is 350 g/mol. The van der Waals surface area contributed by atoms with Crippen LogP contribution in [0.4, 0.5) is 4.39 Å².